The number of rotatable bonds is 6. The average Bonchev–Trinajstić information content (AvgIpc) is 2.56. The molecule has 3 heteroatoms. The van der Waals surface area contributed by atoms with Gasteiger partial charge in [-0.1, -0.05) is 19.7 Å². The molecule has 0 bridgehead atoms. The Hall–Kier alpha value is -1.51. The van der Waals surface area contributed by atoms with Crippen molar-refractivity contribution in [3.63, 3.8) is 0 Å². The van der Waals surface area contributed by atoms with Crippen molar-refractivity contribution in [2.24, 2.45) is 11.8 Å². The molecular formula is C19H28O3. The van der Waals surface area contributed by atoms with Crippen LogP contribution in [0.25, 0.3) is 0 Å². The molecule has 0 atom stereocenters. The highest BCUT2D eigenvalue weighted by atomic mass is 16.5. The van der Waals surface area contributed by atoms with Gasteiger partial charge >= 0.3 is 5.97 Å². The van der Waals surface area contributed by atoms with Crippen molar-refractivity contribution in [3.8, 4) is 0 Å². The van der Waals surface area contributed by atoms with E-state index in [1.54, 1.807) is 6.08 Å². The van der Waals surface area contributed by atoms with Crippen LogP contribution in [0.5, 0.6) is 0 Å². The van der Waals surface area contributed by atoms with Gasteiger partial charge in [-0.15, -0.1) is 0 Å². The van der Waals surface area contributed by atoms with E-state index in [9.17, 15) is 4.79 Å². The number of hydrogen-bond donors (Lipinski definition) is 0. The van der Waals surface area contributed by atoms with Crippen molar-refractivity contribution < 1.29 is 14.3 Å². The standard InChI is InChI=1S/C19H28O3/c1-4-14(3)21-17-10-6-15(7-11-17)16-8-12-18(13-9-16)22-19(20)5-2/h4-5,15-18H,1-3,6-13H2. The van der Waals surface area contributed by atoms with Crippen LogP contribution in [0, 0.1) is 11.8 Å². The third-order valence-electron chi connectivity index (χ3n) is 5.10. The third kappa shape index (κ3) is 4.75. The Labute approximate surface area is 134 Å². The number of esters is 1. The highest BCUT2D eigenvalue weighted by Gasteiger charge is 2.32. The quantitative estimate of drug-likeness (QED) is 0.312. The van der Waals surface area contributed by atoms with Gasteiger partial charge in [0.2, 0.25) is 0 Å². The molecule has 2 fully saturated rings. The van der Waals surface area contributed by atoms with Crippen molar-refractivity contribution in [3.05, 3.63) is 37.6 Å². The third-order valence-corrected chi connectivity index (χ3v) is 5.10. The molecule has 2 saturated carbocycles. The number of allylic oxidation sites excluding steroid dienone is 1. The van der Waals surface area contributed by atoms with E-state index in [-0.39, 0.29) is 12.1 Å². The summed E-state index contributed by atoms with van der Waals surface area (Å²) >= 11 is 0. The van der Waals surface area contributed by atoms with Gasteiger partial charge in [0.15, 0.2) is 0 Å². The Balaban J connectivity index is 1.70. The number of carbonyl (C=O) groups excluding carboxylic acids is 1. The molecular weight excluding hydrogens is 276 g/mol. The lowest BCUT2D eigenvalue weighted by atomic mass is 9.72. The van der Waals surface area contributed by atoms with Crippen LogP contribution in [0.15, 0.2) is 37.6 Å². The Morgan fingerprint density at radius 2 is 1.23 bits per heavy atom. The van der Waals surface area contributed by atoms with Gasteiger partial charge in [-0.3, -0.25) is 0 Å². The van der Waals surface area contributed by atoms with Gasteiger partial charge in [-0.25, -0.2) is 4.79 Å². The molecule has 0 heterocycles. The van der Waals surface area contributed by atoms with E-state index < -0.39 is 0 Å². The second-order valence-electron chi connectivity index (χ2n) is 6.50. The molecule has 2 aliphatic carbocycles. The van der Waals surface area contributed by atoms with E-state index >= 15 is 0 Å². The summed E-state index contributed by atoms with van der Waals surface area (Å²) in [7, 11) is 0. The normalized spacial score (nSPS) is 31.8. The van der Waals surface area contributed by atoms with Gasteiger partial charge in [0.1, 0.15) is 11.9 Å². The van der Waals surface area contributed by atoms with Crippen LogP contribution in [0.1, 0.15) is 51.4 Å². The molecule has 0 radical (unpaired) electrons. The summed E-state index contributed by atoms with van der Waals surface area (Å²) in [5.74, 6) is 1.98. The molecule has 0 amide bonds. The van der Waals surface area contributed by atoms with Gasteiger partial charge in [-0.05, 0) is 69.3 Å². The molecule has 0 aromatic carbocycles. The molecule has 2 aliphatic rings. The van der Waals surface area contributed by atoms with E-state index in [0.29, 0.717) is 11.9 Å². The zero-order valence-electron chi connectivity index (χ0n) is 13.5. The summed E-state index contributed by atoms with van der Waals surface area (Å²) in [5.41, 5.74) is 0. The van der Waals surface area contributed by atoms with Crippen molar-refractivity contribution in [2.45, 2.75) is 63.6 Å². The van der Waals surface area contributed by atoms with Crippen LogP contribution < -0.4 is 0 Å². The number of hydrogen-bond acceptors (Lipinski definition) is 3. The minimum Gasteiger partial charge on any atom is -0.491 e. The lowest BCUT2D eigenvalue weighted by molar-refractivity contribution is -0.145. The van der Waals surface area contributed by atoms with Crippen LogP contribution in [0.2, 0.25) is 0 Å². The predicted molar refractivity (Wildman–Crippen MR) is 88.2 cm³/mol. The van der Waals surface area contributed by atoms with E-state index in [1.807, 2.05) is 0 Å². The van der Waals surface area contributed by atoms with Crippen molar-refractivity contribution in [1.29, 1.82) is 0 Å². The second kappa shape index (κ2) is 8.21. The minimum absolute atomic E-state index is 0.0948. The first-order chi connectivity index (χ1) is 10.6. The van der Waals surface area contributed by atoms with Gasteiger partial charge in [0, 0.05) is 6.08 Å². The second-order valence-corrected chi connectivity index (χ2v) is 6.50. The van der Waals surface area contributed by atoms with Gasteiger partial charge in [0.25, 0.3) is 0 Å². The van der Waals surface area contributed by atoms with Crippen molar-refractivity contribution in [2.75, 3.05) is 0 Å². The first-order valence-corrected chi connectivity index (χ1v) is 8.43. The molecule has 0 N–H and O–H groups in total. The van der Waals surface area contributed by atoms with Crippen LogP contribution >= 0.6 is 0 Å². The van der Waals surface area contributed by atoms with Crippen LogP contribution in [-0.2, 0) is 14.3 Å². The van der Waals surface area contributed by atoms with Crippen LogP contribution in [0.3, 0.4) is 0 Å². The first kappa shape index (κ1) is 16.9. The maximum Gasteiger partial charge on any atom is 0.330 e. The summed E-state index contributed by atoms with van der Waals surface area (Å²) in [4.78, 5) is 11.2. The average molecular weight is 304 g/mol. The summed E-state index contributed by atoms with van der Waals surface area (Å²) < 4.78 is 11.1. The SMILES string of the molecule is C=CC(=C)OC1CCC(C2CCC(OC(=O)C=C)CC2)CC1. The molecule has 0 aromatic heterocycles. The molecule has 0 saturated heterocycles. The Morgan fingerprint density at radius 1 is 0.773 bits per heavy atom. The molecule has 22 heavy (non-hydrogen) atoms. The number of carbonyl (C=O) groups is 1. The fourth-order valence-corrected chi connectivity index (χ4v) is 3.83. The van der Waals surface area contributed by atoms with Crippen LogP contribution in [-0.4, -0.2) is 18.2 Å². The largest absolute Gasteiger partial charge is 0.491 e. The minimum atomic E-state index is -0.288. The van der Waals surface area contributed by atoms with E-state index in [0.717, 1.165) is 37.5 Å². The highest BCUT2D eigenvalue weighted by Crippen LogP contribution is 2.39. The zero-order chi connectivity index (χ0) is 15.9. The topological polar surface area (TPSA) is 35.5 Å². The molecule has 122 valence electrons. The molecule has 0 unspecified atom stereocenters. The van der Waals surface area contributed by atoms with Crippen molar-refractivity contribution >= 4 is 5.97 Å². The summed E-state index contributed by atoms with van der Waals surface area (Å²) in [5, 5.41) is 0. The molecule has 3 nitrogen and oxygen atoms in total. The highest BCUT2D eigenvalue weighted by molar-refractivity contribution is 5.81. The Bertz CT molecular complexity index is 370. The van der Waals surface area contributed by atoms with Crippen molar-refractivity contribution in [1.82, 2.24) is 0 Å². The molecule has 0 aliphatic heterocycles. The lowest BCUT2D eigenvalue weighted by Crippen LogP contribution is -2.30. The predicted octanol–water partition coefficient (Wildman–Crippen LogP) is 4.55. The van der Waals surface area contributed by atoms with Gasteiger partial charge in [-0.2, -0.15) is 0 Å². The van der Waals surface area contributed by atoms with E-state index in [2.05, 4.69) is 19.7 Å². The Morgan fingerprint density at radius 3 is 1.64 bits per heavy atom. The molecule has 2 rings (SSSR count). The summed E-state index contributed by atoms with van der Waals surface area (Å²) in [6.45, 7) is 11.0. The first-order valence-electron chi connectivity index (χ1n) is 8.43. The van der Waals surface area contributed by atoms with E-state index in [4.69, 9.17) is 9.47 Å². The van der Waals surface area contributed by atoms with Gasteiger partial charge < -0.3 is 9.47 Å². The molecule has 0 aromatic rings. The van der Waals surface area contributed by atoms with E-state index in [1.165, 1.54) is 31.8 Å². The fourth-order valence-electron chi connectivity index (χ4n) is 3.83. The zero-order valence-corrected chi connectivity index (χ0v) is 13.5. The number of ether oxygens (including phenoxy) is 2. The van der Waals surface area contributed by atoms with Gasteiger partial charge in [0.05, 0.1) is 6.10 Å². The fraction of sp³-hybridized carbons (Fsp3) is 0.632. The summed E-state index contributed by atoms with van der Waals surface area (Å²) in [6.07, 6.45) is 12.4. The van der Waals surface area contributed by atoms with Crippen LogP contribution in [0.4, 0.5) is 0 Å². The maximum atomic E-state index is 11.2. The molecule has 0 spiro atoms. The lowest BCUT2D eigenvalue weighted by Gasteiger charge is -2.37. The maximum absolute atomic E-state index is 11.2. The summed E-state index contributed by atoms with van der Waals surface area (Å²) in [6, 6.07) is 0. The monoisotopic (exact) mass is 304 g/mol. The smallest absolute Gasteiger partial charge is 0.330 e. The Kier molecular flexibility index (Phi) is 6.29.